The van der Waals surface area contributed by atoms with Crippen molar-refractivity contribution in [2.75, 3.05) is 7.05 Å². The number of nitrogens with zero attached hydrogens (tertiary/aromatic N) is 2. The van der Waals surface area contributed by atoms with Crippen molar-refractivity contribution in [3.05, 3.63) is 51.5 Å². The second kappa shape index (κ2) is 7.05. The highest BCUT2D eigenvalue weighted by Gasteiger charge is 2.04. The van der Waals surface area contributed by atoms with Crippen molar-refractivity contribution < 1.29 is 0 Å². The van der Waals surface area contributed by atoms with Crippen molar-refractivity contribution in [3.63, 3.8) is 0 Å². The summed E-state index contributed by atoms with van der Waals surface area (Å²) in [6, 6.07) is 8.36. The fraction of sp³-hybridized carbons (Fsp3) is 0.333. The Labute approximate surface area is 124 Å². The van der Waals surface area contributed by atoms with Crippen LogP contribution in [-0.4, -0.2) is 18.0 Å². The lowest BCUT2D eigenvalue weighted by Crippen LogP contribution is -2.36. The first kappa shape index (κ1) is 14.5. The summed E-state index contributed by atoms with van der Waals surface area (Å²) in [6.45, 7) is 5.67. The van der Waals surface area contributed by atoms with Crippen molar-refractivity contribution in [2.45, 2.75) is 26.9 Å². The molecule has 2 aromatic rings. The van der Waals surface area contributed by atoms with Gasteiger partial charge < -0.3 is 10.6 Å². The lowest BCUT2D eigenvalue weighted by atomic mass is 10.1. The van der Waals surface area contributed by atoms with Gasteiger partial charge in [-0.15, -0.1) is 11.3 Å². The summed E-state index contributed by atoms with van der Waals surface area (Å²) >= 11 is 1.66. The number of aromatic nitrogens is 1. The summed E-state index contributed by atoms with van der Waals surface area (Å²) in [4.78, 5) is 9.72. The van der Waals surface area contributed by atoms with Gasteiger partial charge in [-0.25, -0.2) is 4.98 Å². The van der Waals surface area contributed by atoms with E-state index in [4.69, 9.17) is 0 Å². The maximum atomic E-state index is 4.24. The van der Waals surface area contributed by atoms with Crippen molar-refractivity contribution in [1.29, 1.82) is 0 Å². The number of aryl methyl sites for hydroxylation is 2. The van der Waals surface area contributed by atoms with Crippen LogP contribution in [0.3, 0.4) is 0 Å². The van der Waals surface area contributed by atoms with E-state index in [1.807, 2.05) is 12.4 Å². The summed E-state index contributed by atoms with van der Waals surface area (Å²) in [5.74, 6) is 0.807. The number of hydrogen-bond donors (Lipinski definition) is 2. The van der Waals surface area contributed by atoms with Crippen LogP contribution in [0.15, 0.2) is 34.8 Å². The van der Waals surface area contributed by atoms with Gasteiger partial charge in [0.2, 0.25) is 0 Å². The Balaban J connectivity index is 1.87. The zero-order valence-corrected chi connectivity index (χ0v) is 12.9. The molecule has 2 N–H and O–H groups in total. The number of nitrogens with one attached hydrogen (secondary N) is 2. The minimum Gasteiger partial charge on any atom is -0.352 e. The molecular weight excluding hydrogens is 268 g/mol. The number of benzene rings is 1. The third-order valence-corrected chi connectivity index (χ3v) is 4.13. The monoisotopic (exact) mass is 288 g/mol. The number of guanidine groups is 1. The van der Waals surface area contributed by atoms with E-state index in [2.05, 4.69) is 51.8 Å². The molecule has 0 saturated heterocycles. The Hall–Kier alpha value is -1.88. The van der Waals surface area contributed by atoms with E-state index in [0.717, 1.165) is 24.7 Å². The Kier molecular flexibility index (Phi) is 5.12. The molecule has 1 aromatic heterocycles. The molecule has 2 rings (SSSR count). The van der Waals surface area contributed by atoms with Gasteiger partial charge in [0.05, 0.1) is 17.7 Å². The smallest absolute Gasteiger partial charge is 0.191 e. The number of thiazole rings is 1. The van der Waals surface area contributed by atoms with Crippen LogP contribution in [0.4, 0.5) is 0 Å². The summed E-state index contributed by atoms with van der Waals surface area (Å²) in [5.41, 5.74) is 5.52. The normalized spacial score (nSPS) is 11.4. The zero-order chi connectivity index (χ0) is 14.4. The molecule has 0 aliphatic heterocycles. The van der Waals surface area contributed by atoms with Crippen molar-refractivity contribution >= 4 is 17.3 Å². The van der Waals surface area contributed by atoms with E-state index in [-0.39, 0.29) is 0 Å². The minimum atomic E-state index is 0.754. The zero-order valence-electron chi connectivity index (χ0n) is 12.1. The Morgan fingerprint density at radius 1 is 1.20 bits per heavy atom. The van der Waals surface area contributed by atoms with Crippen LogP contribution in [0, 0.1) is 13.8 Å². The van der Waals surface area contributed by atoms with E-state index < -0.39 is 0 Å². The molecule has 0 unspecified atom stereocenters. The van der Waals surface area contributed by atoms with Crippen LogP contribution in [0.2, 0.25) is 0 Å². The Morgan fingerprint density at radius 3 is 2.60 bits per heavy atom. The van der Waals surface area contributed by atoms with E-state index in [1.54, 1.807) is 18.4 Å². The average molecular weight is 288 g/mol. The number of rotatable bonds is 4. The van der Waals surface area contributed by atoms with Gasteiger partial charge in [-0.1, -0.05) is 24.3 Å². The van der Waals surface area contributed by atoms with E-state index in [9.17, 15) is 0 Å². The van der Waals surface area contributed by atoms with E-state index >= 15 is 0 Å². The lowest BCUT2D eigenvalue weighted by Gasteiger charge is -2.12. The van der Waals surface area contributed by atoms with Crippen LogP contribution >= 0.6 is 11.3 Å². The highest BCUT2D eigenvalue weighted by Crippen LogP contribution is 2.11. The highest BCUT2D eigenvalue weighted by atomic mass is 32.1. The second-order valence-corrected chi connectivity index (χ2v) is 5.51. The molecule has 0 amide bonds. The summed E-state index contributed by atoms with van der Waals surface area (Å²) in [7, 11) is 1.78. The number of aliphatic imine (C=N–C) groups is 1. The summed E-state index contributed by atoms with van der Waals surface area (Å²) in [6.07, 6.45) is 0. The van der Waals surface area contributed by atoms with Crippen LogP contribution in [0.1, 0.15) is 21.7 Å². The van der Waals surface area contributed by atoms with Gasteiger partial charge in [-0.2, -0.15) is 0 Å². The topological polar surface area (TPSA) is 49.3 Å². The molecule has 1 heterocycles. The quantitative estimate of drug-likeness (QED) is 0.671. The molecule has 5 heteroatoms. The van der Waals surface area contributed by atoms with Crippen molar-refractivity contribution in [1.82, 2.24) is 15.6 Å². The van der Waals surface area contributed by atoms with E-state index in [1.165, 1.54) is 16.0 Å². The van der Waals surface area contributed by atoms with Crippen molar-refractivity contribution in [2.24, 2.45) is 4.99 Å². The van der Waals surface area contributed by atoms with Gasteiger partial charge in [0.1, 0.15) is 0 Å². The molecule has 0 fully saturated rings. The molecule has 0 aliphatic carbocycles. The summed E-state index contributed by atoms with van der Waals surface area (Å²) in [5, 5.41) is 6.64. The van der Waals surface area contributed by atoms with Crippen LogP contribution < -0.4 is 10.6 Å². The molecule has 4 nitrogen and oxygen atoms in total. The molecular formula is C15H20N4S. The third-order valence-electron chi connectivity index (χ3n) is 3.19. The molecule has 0 radical (unpaired) electrons. The maximum Gasteiger partial charge on any atom is 0.191 e. The first-order valence-electron chi connectivity index (χ1n) is 6.58. The van der Waals surface area contributed by atoms with Gasteiger partial charge >= 0.3 is 0 Å². The van der Waals surface area contributed by atoms with Crippen LogP contribution in [-0.2, 0) is 13.1 Å². The molecule has 106 valence electrons. The standard InChI is InChI=1S/C15H20N4S/c1-11-6-4-5-7-13(11)8-17-15(16-3)18-9-14-12(2)19-10-20-14/h4-7,10H,8-9H2,1-3H3,(H2,16,17,18). The average Bonchev–Trinajstić information content (AvgIpc) is 2.86. The van der Waals surface area contributed by atoms with Gasteiger partial charge in [0.25, 0.3) is 0 Å². The predicted molar refractivity (Wildman–Crippen MR) is 85.1 cm³/mol. The molecule has 20 heavy (non-hydrogen) atoms. The fourth-order valence-corrected chi connectivity index (χ4v) is 2.58. The fourth-order valence-electron chi connectivity index (χ4n) is 1.87. The predicted octanol–water partition coefficient (Wildman–Crippen LogP) is 2.63. The first-order chi connectivity index (χ1) is 9.70. The van der Waals surface area contributed by atoms with Gasteiger partial charge in [0.15, 0.2) is 5.96 Å². The summed E-state index contributed by atoms with van der Waals surface area (Å²) < 4.78 is 0. The molecule has 0 aliphatic rings. The minimum absolute atomic E-state index is 0.754. The Morgan fingerprint density at radius 2 is 1.95 bits per heavy atom. The SMILES string of the molecule is CN=C(NCc1ccccc1C)NCc1scnc1C. The third kappa shape index (κ3) is 3.81. The second-order valence-electron chi connectivity index (χ2n) is 4.57. The largest absolute Gasteiger partial charge is 0.352 e. The van der Waals surface area contributed by atoms with Crippen LogP contribution in [0.5, 0.6) is 0 Å². The molecule has 0 bridgehead atoms. The molecule has 0 spiro atoms. The first-order valence-corrected chi connectivity index (χ1v) is 7.46. The van der Waals surface area contributed by atoms with Gasteiger partial charge in [0, 0.05) is 18.5 Å². The lowest BCUT2D eigenvalue weighted by molar-refractivity contribution is 0.808. The molecule has 0 atom stereocenters. The highest BCUT2D eigenvalue weighted by molar-refractivity contribution is 7.09. The Bertz CT molecular complexity index is 589. The number of hydrogen-bond acceptors (Lipinski definition) is 3. The van der Waals surface area contributed by atoms with Gasteiger partial charge in [-0.3, -0.25) is 4.99 Å². The van der Waals surface area contributed by atoms with Gasteiger partial charge in [-0.05, 0) is 25.0 Å². The maximum absolute atomic E-state index is 4.24. The molecule has 1 aromatic carbocycles. The molecule has 0 saturated carbocycles. The van der Waals surface area contributed by atoms with Crippen molar-refractivity contribution in [3.8, 4) is 0 Å². The van der Waals surface area contributed by atoms with Crippen LogP contribution in [0.25, 0.3) is 0 Å². The van der Waals surface area contributed by atoms with E-state index in [0.29, 0.717) is 0 Å².